The Balaban J connectivity index is 2.07. The third-order valence-electron chi connectivity index (χ3n) is 5.42. The van der Waals surface area contributed by atoms with E-state index in [1.807, 2.05) is 6.07 Å². The van der Waals surface area contributed by atoms with E-state index in [-0.39, 0.29) is 19.4 Å². The molecule has 7 heteroatoms. The minimum atomic E-state index is -1.77. The van der Waals surface area contributed by atoms with Gasteiger partial charge in [-0.15, -0.1) is 0 Å². The van der Waals surface area contributed by atoms with E-state index in [1.165, 1.54) is 6.92 Å². The lowest BCUT2D eigenvalue weighted by atomic mass is 9.67. The van der Waals surface area contributed by atoms with Gasteiger partial charge < -0.3 is 4.74 Å². The highest BCUT2D eigenvalue weighted by Gasteiger charge is 2.59. The first kappa shape index (κ1) is 21.9. The number of ether oxygens (including phenoxy) is 1. The van der Waals surface area contributed by atoms with Crippen molar-refractivity contribution in [3.8, 4) is 0 Å². The van der Waals surface area contributed by atoms with Gasteiger partial charge in [0.1, 0.15) is 11.2 Å². The largest absolute Gasteiger partial charge is 0.465 e. The maximum atomic E-state index is 13.4. The van der Waals surface area contributed by atoms with Crippen LogP contribution in [-0.2, 0) is 30.3 Å². The van der Waals surface area contributed by atoms with Crippen molar-refractivity contribution in [1.82, 2.24) is 0 Å². The fourth-order valence-corrected chi connectivity index (χ4v) is 4.17. The van der Waals surface area contributed by atoms with E-state index >= 15 is 0 Å². The highest BCUT2D eigenvalue weighted by atomic mass is 79.9. The molecule has 156 valence electrons. The second-order valence-electron chi connectivity index (χ2n) is 7.21. The van der Waals surface area contributed by atoms with Crippen LogP contribution in [0.25, 0.3) is 0 Å². The Bertz CT molecular complexity index is 973. The summed E-state index contributed by atoms with van der Waals surface area (Å²) in [5.41, 5.74) is -0.659. The van der Waals surface area contributed by atoms with Crippen LogP contribution < -0.4 is 4.90 Å². The molecule has 1 aliphatic heterocycles. The van der Waals surface area contributed by atoms with Gasteiger partial charge in [0.05, 0.1) is 18.2 Å². The average molecular weight is 472 g/mol. The van der Waals surface area contributed by atoms with E-state index in [0.29, 0.717) is 11.3 Å². The van der Waals surface area contributed by atoms with Crippen LogP contribution in [0.3, 0.4) is 0 Å². The third kappa shape index (κ3) is 3.94. The molecule has 0 radical (unpaired) electrons. The summed E-state index contributed by atoms with van der Waals surface area (Å²) in [6.45, 7) is 2.98. The van der Waals surface area contributed by atoms with Gasteiger partial charge in [-0.2, -0.15) is 0 Å². The average Bonchev–Trinajstić information content (AvgIpc) is 3.02. The molecule has 0 N–H and O–H groups in total. The van der Waals surface area contributed by atoms with E-state index in [4.69, 9.17) is 4.74 Å². The molecule has 2 aromatic carbocycles. The molecule has 2 atom stereocenters. The molecule has 1 fully saturated rings. The maximum Gasteiger partial charge on any atom is 0.320 e. The first-order valence-electron chi connectivity index (χ1n) is 9.65. The smallest absolute Gasteiger partial charge is 0.320 e. The summed E-state index contributed by atoms with van der Waals surface area (Å²) >= 11 is 3.33. The van der Waals surface area contributed by atoms with Gasteiger partial charge in [-0.05, 0) is 50.1 Å². The molecule has 0 aromatic heterocycles. The highest BCUT2D eigenvalue weighted by molar-refractivity contribution is 9.10. The van der Waals surface area contributed by atoms with Gasteiger partial charge in [0, 0.05) is 10.9 Å². The minimum absolute atomic E-state index is 0.0140. The third-order valence-corrected chi connectivity index (χ3v) is 5.95. The number of ketones is 1. The van der Waals surface area contributed by atoms with Gasteiger partial charge in [0.2, 0.25) is 11.8 Å². The molecule has 2 aromatic rings. The van der Waals surface area contributed by atoms with Crippen LogP contribution in [0.2, 0.25) is 0 Å². The topological polar surface area (TPSA) is 80.8 Å². The molecule has 2 unspecified atom stereocenters. The second-order valence-corrected chi connectivity index (χ2v) is 8.13. The summed E-state index contributed by atoms with van der Waals surface area (Å²) in [6.07, 6.45) is -0.250. The SMILES string of the molecule is CCOC(=O)C(Cc1ccccc1)(C(C)=O)C1CC(=O)N(c2ccc(Br)cc2)C1=O. The van der Waals surface area contributed by atoms with E-state index < -0.39 is 34.9 Å². The molecule has 0 saturated carbocycles. The van der Waals surface area contributed by atoms with Crippen LogP contribution in [0.15, 0.2) is 59.1 Å². The number of hydrogen-bond donors (Lipinski definition) is 0. The number of carbonyl (C=O) groups excluding carboxylic acids is 4. The quantitative estimate of drug-likeness (QED) is 0.349. The van der Waals surface area contributed by atoms with Crippen LogP contribution in [0.4, 0.5) is 5.69 Å². The summed E-state index contributed by atoms with van der Waals surface area (Å²) in [7, 11) is 0. The molecule has 0 bridgehead atoms. The van der Waals surface area contributed by atoms with Crippen molar-refractivity contribution < 1.29 is 23.9 Å². The molecule has 0 spiro atoms. The molecule has 1 saturated heterocycles. The number of anilines is 1. The van der Waals surface area contributed by atoms with Crippen LogP contribution in [0.5, 0.6) is 0 Å². The van der Waals surface area contributed by atoms with E-state index in [1.54, 1.807) is 55.5 Å². The summed E-state index contributed by atoms with van der Waals surface area (Å²) in [5, 5.41) is 0. The standard InChI is InChI=1S/C23H22BrNO5/c1-3-30-22(29)23(15(2)26,14-16-7-5-4-6-8-16)19-13-20(27)25(21(19)28)18-11-9-17(24)10-12-18/h4-12,19H,3,13-14H2,1-2H3. The van der Waals surface area contributed by atoms with E-state index in [0.717, 1.165) is 9.37 Å². The van der Waals surface area contributed by atoms with E-state index in [9.17, 15) is 19.2 Å². The molecular formula is C23H22BrNO5. The number of rotatable bonds is 7. The van der Waals surface area contributed by atoms with Gasteiger partial charge in [-0.3, -0.25) is 24.1 Å². The van der Waals surface area contributed by atoms with Crippen LogP contribution in [0.1, 0.15) is 25.8 Å². The number of nitrogens with zero attached hydrogens (tertiary/aromatic N) is 1. The van der Waals surface area contributed by atoms with Crippen molar-refractivity contribution >= 4 is 45.2 Å². The molecule has 3 rings (SSSR count). The van der Waals surface area contributed by atoms with Gasteiger partial charge in [0.15, 0.2) is 0 Å². The summed E-state index contributed by atoms with van der Waals surface area (Å²) in [4.78, 5) is 53.3. The molecule has 1 heterocycles. The zero-order valence-electron chi connectivity index (χ0n) is 16.8. The molecule has 0 aliphatic carbocycles. The predicted octanol–water partition coefficient (Wildman–Crippen LogP) is 3.71. The van der Waals surface area contributed by atoms with Crippen LogP contribution in [0, 0.1) is 11.3 Å². The lowest BCUT2D eigenvalue weighted by Gasteiger charge is -2.33. The Kier molecular flexibility index (Phi) is 6.51. The Morgan fingerprint density at radius 2 is 1.73 bits per heavy atom. The number of amides is 2. The van der Waals surface area contributed by atoms with Gasteiger partial charge >= 0.3 is 5.97 Å². The Hall–Kier alpha value is -2.80. The van der Waals surface area contributed by atoms with Crippen molar-refractivity contribution in [3.63, 3.8) is 0 Å². The lowest BCUT2D eigenvalue weighted by Crippen LogP contribution is -2.50. The van der Waals surface area contributed by atoms with Gasteiger partial charge in [-0.25, -0.2) is 0 Å². The molecule has 30 heavy (non-hydrogen) atoms. The minimum Gasteiger partial charge on any atom is -0.465 e. The fraction of sp³-hybridized carbons (Fsp3) is 0.304. The Morgan fingerprint density at radius 3 is 2.30 bits per heavy atom. The monoisotopic (exact) mass is 471 g/mol. The molecular weight excluding hydrogens is 450 g/mol. The zero-order chi connectivity index (χ0) is 21.9. The van der Waals surface area contributed by atoms with Crippen molar-refractivity contribution in [2.24, 2.45) is 11.3 Å². The first-order chi connectivity index (χ1) is 14.3. The zero-order valence-corrected chi connectivity index (χ0v) is 18.3. The number of benzene rings is 2. The predicted molar refractivity (Wildman–Crippen MR) is 115 cm³/mol. The van der Waals surface area contributed by atoms with Crippen LogP contribution in [-0.4, -0.2) is 30.2 Å². The van der Waals surface area contributed by atoms with Gasteiger partial charge in [-0.1, -0.05) is 46.3 Å². The molecule has 2 amide bonds. The number of imide groups is 1. The highest BCUT2D eigenvalue weighted by Crippen LogP contribution is 2.43. The second kappa shape index (κ2) is 8.92. The molecule has 1 aliphatic rings. The normalized spacial score (nSPS) is 18.2. The first-order valence-corrected chi connectivity index (χ1v) is 10.4. The van der Waals surface area contributed by atoms with Crippen molar-refractivity contribution in [2.45, 2.75) is 26.7 Å². The lowest BCUT2D eigenvalue weighted by molar-refractivity contribution is -0.165. The number of carbonyl (C=O) groups is 4. The van der Waals surface area contributed by atoms with Crippen molar-refractivity contribution in [1.29, 1.82) is 0 Å². The van der Waals surface area contributed by atoms with Crippen LogP contribution >= 0.6 is 15.9 Å². The fourth-order valence-electron chi connectivity index (χ4n) is 3.91. The number of esters is 1. The number of hydrogen-bond acceptors (Lipinski definition) is 5. The Morgan fingerprint density at radius 1 is 1.10 bits per heavy atom. The summed E-state index contributed by atoms with van der Waals surface area (Å²) < 4.78 is 6.05. The maximum absolute atomic E-state index is 13.4. The van der Waals surface area contributed by atoms with Gasteiger partial charge in [0.25, 0.3) is 0 Å². The number of halogens is 1. The van der Waals surface area contributed by atoms with Crippen molar-refractivity contribution in [3.05, 3.63) is 64.6 Å². The van der Waals surface area contributed by atoms with Crippen molar-refractivity contribution in [2.75, 3.05) is 11.5 Å². The molecule has 6 nitrogen and oxygen atoms in total. The summed E-state index contributed by atoms with van der Waals surface area (Å²) in [5.74, 6) is -3.42. The van der Waals surface area contributed by atoms with E-state index in [2.05, 4.69) is 15.9 Å². The number of Topliss-reactive ketones (excluding diaryl/α,β-unsaturated/α-hetero) is 1. The summed E-state index contributed by atoms with van der Waals surface area (Å²) in [6, 6.07) is 15.7. The Labute approximate surface area is 183 Å².